The zero-order valence-electron chi connectivity index (χ0n) is 11.7. The van der Waals surface area contributed by atoms with Crippen LogP contribution in [0.2, 0.25) is 0 Å². The average Bonchev–Trinajstić information content (AvgIpc) is 2.91. The highest BCUT2D eigenvalue weighted by molar-refractivity contribution is 5.83. The van der Waals surface area contributed by atoms with E-state index in [-0.39, 0.29) is 12.5 Å². The molecule has 20 heavy (non-hydrogen) atoms. The summed E-state index contributed by atoms with van der Waals surface area (Å²) in [6, 6.07) is 3.41. The first-order valence-electron chi connectivity index (χ1n) is 6.88. The molecule has 5 heteroatoms. The third-order valence-electron chi connectivity index (χ3n) is 4.17. The van der Waals surface area contributed by atoms with Crippen molar-refractivity contribution in [2.45, 2.75) is 32.2 Å². The van der Waals surface area contributed by atoms with Gasteiger partial charge in [-0.15, -0.1) is 0 Å². The van der Waals surface area contributed by atoms with E-state index in [0.29, 0.717) is 12.1 Å². The lowest BCUT2D eigenvalue weighted by molar-refractivity contribution is -0.140. The van der Waals surface area contributed by atoms with Crippen LogP contribution in [0.5, 0.6) is 0 Å². The van der Waals surface area contributed by atoms with E-state index in [4.69, 9.17) is 5.73 Å². The van der Waals surface area contributed by atoms with Crippen molar-refractivity contribution in [1.82, 2.24) is 4.90 Å². The Kier molecular flexibility index (Phi) is 4.38. The van der Waals surface area contributed by atoms with Gasteiger partial charge in [-0.25, -0.2) is 8.78 Å². The van der Waals surface area contributed by atoms with Crippen molar-refractivity contribution in [1.29, 1.82) is 0 Å². The van der Waals surface area contributed by atoms with Gasteiger partial charge in [0.2, 0.25) is 5.91 Å². The van der Waals surface area contributed by atoms with Crippen LogP contribution in [0.25, 0.3) is 0 Å². The van der Waals surface area contributed by atoms with E-state index < -0.39 is 17.0 Å². The van der Waals surface area contributed by atoms with Crippen LogP contribution in [0, 0.1) is 17.0 Å². The van der Waals surface area contributed by atoms with E-state index in [1.165, 1.54) is 17.0 Å². The molecule has 1 aromatic carbocycles. The SMILES string of the molecule is CN(Cc1ccc(F)cc1F)C(=O)C1(CN)CCCC1. The molecule has 1 fully saturated rings. The summed E-state index contributed by atoms with van der Waals surface area (Å²) in [5, 5.41) is 0. The second-order valence-electron chi connectivity index (χ2n) is 5.59. The maximum absolute atomic E-state index is 13.6. The summed E-state index contributed by atoms with van der Waals surface area (Å²) in [6.07, 6.45) is 3.58. The van der Waals surface area contributed by atoms with Crippen LogP contribution in [0.15, 0.2) is 18.2 Å². The van der Waals surface area contributed by atoms with Crippen molar-refractivity contribution in [2.75, 3.05) is 13.6 Å². The lowest BCUT2D eigenvalue weighted by atomic mass is 9.84. The number of benzene rings is 1. The van der Waals surface area contributed by atoms with Crippen LogP contribution in [0.1, 0.15) is 31.2 Å². The first-order valence-corrected chi connectivity index (χ1v) is 6.88. The fourth-order valence-corrected chi connectivity index (χ4v) is 2.94. The molecule has 0 unspecified atom stereocenters. The van der Waals surface area contributed by atoms with Gasteiger partial charge in [0, 0.05) is 31.8 Å². The van der Waals surface area contributed by atoms with Crippen molar-refractivity contribution >= 4 is 5.91 Å². The number of hydrogen-bond donors (Lipinski definition) is 1. The molecule has 1 saturated carbocycles. The lowest BCUT2D eigenvalue weighted by Gasteiger charge is -2.31. The summed E-state index contributed by atoms with van der Waals surface area (Å²) in [7, 11) is 1.64. The van der Waals surface area contributed by atoms with Crippen LogP contribution in [-0.2, 0) is 11.3 Å². The normalized spacial score (nSPS) is 17.2. The Hall–Kier alpha value is -1.49. The third kappa shape index (κ3) is 2.82. The Morgan fingerprint density at radius 3 is 2.55 bits per heavy atom. The van der Waals surface area contributed by atoms with Gasteiger partial charge in [0.05, 0.1) is 5.41 Å². The van der Waals surface area contributed by atoms with Gasteiger partial charge in [-0.3, -0.25) is 4.79 Å². The quantitative estimate of drug-likeness (QED) is 0.922. The smallest absolute Gasteiger partial charge is 0.230 e. The predicted octanol–water partition coefficient (Wildman–Crippen LogP) is 2.44. The van der Waals surface area contributed by atoms with Gasteiger partial charge in [0.15, 0.2) is 0 Å². The first-order chi connectivity index (χ1) is 9.48. The minimum absolute atomic E-state index is 0.0405. The van der Waals surface area contributed by atoms with Crippen LogP contribution < -0.4 is 5.73 Å². The molecule has 0 heterocycles. The fraction of sp³-hybridized carbons (Fsp3) is 0.533. The molecular weight excluding hydrogens is 262 g/mol. The predicted molar refractivity (Wildman–Crippen MR) is 72.8 cm³/mol. The van der Waals surface area contributed by atoms with Crippen LogP contribution >= 0.6 is 0 Å². The monoisotopic (exact) mass is 282 g/mol. The minimum Gasteiger partial charge on any atom is -0.341 e. The molecule has 1 amide bonds. The zero-order chi connectivity index (χ0) is 14.8. The largest absolute Gasteiger partial charge is 0.341 e. The Labute approximate surface area is 117 Å². The van der Waals surface area contributed by atoms with Gasteiger partial charge >= 0.3 is 0 Å². The molecule has 0 atom stereocenters. The van der Waals surface area contributed by atoms with Gasteiger partial charge in [-0.1, -0.05) is 18.9 Å². The van der Waals surface area contributed by atoms with E-state index in [0.717, 1.165) is 31.7 Å². The van der Waals surface area contributed by atoms with Gasteiger partial charge in [-0.05, 0) is 18.9 Å². The molecule has 0 aliphatic heterocycles. The zero-order valence-corrected chi connectivity index (χ0v) is 11.7. The van der Waals surface area contributed by atoms with Crippen molar-refractivity contribution < 1.29 is 13.6 Å². The number of amides is 1. The van der Waals surface area contributed by atoms with E-state index in [9.17, 15) is 13.6 Å². The molecule has 110 valence electrons. The Morgan fingerprint density at radius 2 is 2.00 bits per heavy atom. The molecule has 3 nitrogen and oxygen atoms in total. The van der Waals surface area contributed by atoms with Crippen LogP contribution in [0.3, 0.4) is 0 Å². The first kappa shape index (κ1) is 14.9. The van der Waals surface area contributed by atoms with E-state index >= 15 is 0 Å². The van der Waals surface area contributed by atoms with Crippen molar-refractivity contribution in [3.05, 3.63) is 35.4 Å². The Balaban J connectivity index is 2.11. The van der Waals surface area contributed by atoms with Crippen molar-refractivity contribution in [3.8, 4) is 0 Å². The summed E-state index contributed by atoms with van der Waals surface area (Å²) in [4.78, 5) is 14.0. The highest BCUT2D eigenvalue weighted by atomic mass is 19.1. The number of hydrogen-bond acceptors (Lipinski definition) is 2. The minimum atomic E-state index is -0.627. The van der Waals surface area contributed by atoms with Gasteiger partial charge in [-0.2, -0.15) is 0 Å². The second-order valence-corrected chi connectivity index (χ2v) is 5.59. The molecule has 1 aliphatic rings. The van der Waals surface area contributed by atoms with Gasteiger partial charge < -0.3 is 10.6 Å². The summed E-state index contributed by atoms with van der Waals surface area (Å²) in [6.45, 7) is 0.453. The van der Waals surface area contributed by atoms with Crippen molar-refractivity contribution in [2.24, 2.45) is 11.1 Å². The van der Waals surface area contributed by atoms with E-state index in [1.807, 2.05) is 0 Å². The molecule has 0 spiro atoms. The van der Waals surface area contributed by atoms with E-state index in [2.05, 4.69) is 0 Å². The molecule has 0 bridgehead atoms. The van der Waals surface area contributed by atoms with Crippen LogP contribution in [-0.4, -0.2) is 24.4 Å². The number of carbonyl (C=O) groups is 1. The Bertz CT molecular complexity index is 499. The number of rotatable bonds is 4. The average molecular weight is 282 g/mol. The number of nitrogens with two attached hydrogens (primary N) is 1. The summed E-state index contributed by atoms with van der Waals surface area (Å²) < 4.78 is 26.5. The van der Waals surface area contributed by atoms with Crippen molar-refractivity contribution in [3.63, 3.8) is 0 Å². The van der Waals surface area contributed by atoms with Gasteiger partial charge in [0.1, 0.15) is 11.6 Å². The maximum Gasteiger partial charge on any atom is 0.230 e. The number of halogens is 2. The molecule has 2 N–H and O–H groups in total. The maximum atomic E-state index is 13.6. The fourth-order valence-electron chi connectivity index (χ4n) is 2.94. The standard InChI is InChI=1S/C15H20F2N2O/c1-19(9-11-4-5-12(16)8-13(11)17)14(20)15(10-18)6-2-3-7-15/h4-5,8H,2-3,6-7,9-10,18H2,1H3. The van der Waals surface area contributed by atoms with E-state index in [1.54, 1.807) is 7.05 Å². The molecular formula is C15H20F2N2O. The summed E-state index contributed by atoms with van der Waals surface area (Å²) in [5.41, 5.74) is 5.60. The van der Waals surface area contributed by atoms with Crippen LogP contribution in [0.4, 0.5) is 8.78 Å². The molecule has 1 aliphatic carbocycles. The van der Waals surface area contributed by atoms with Gasteiger partial charge in [0.25, 0.3) is 0 Å². The molecule has 1 aromatic rings. The highest BCUT2D eigenvalue weighted by Gasteiger charge is 2.41. The number of carbonyl (C=O) groups excluding carboxylic acids is 1. The highest BCUT2D eigenvalue weighted by Crippen LogP contribution is 2.38. The second kappa shape index (κ2) is 5.87. The molecule has 2 rings (SSSR count). The Morgan fingerprint density at radius 1 is 1.35 bits per heavy atom. The number of nitrogens with zero attached hydrogens (tertiary/aromatic N) is 1. The molecule has 0 aromatic heterocycles. The summed E-state index contributed by atoms with van der Waals surface area (Å²) >= 11 is 0. The molecule has 0 saturated heterocycles. The lowest BCUT2D eigenvalue weighted by Crippen LogP contribution is -2.44. The summed E-state index contributed by atoms with van der Waals surface area (Å²) in [5.74, 6) is -1.28. The topological polar surface area (TPSA) is 46.3 Å². The molecule has 0 radical (unpaired) electrons. The third-order valence-corrected chi connectivity index (χ3v) is 4.17.